The molecule has 0 fully saturated rings. The number of phenolic OH excluding ortho intramolecular Hbond substituents is 1. The zero-order chi connectivity index (χ0) is 23.5. The van der Waals surface area contributed by atoms with Crippen molar-refractivity contribution in [3.8, 4) is 11.5 Å². The molecule has 0 bridgehead atoms. The van der Waals surface area contributed by atoms with Gasteiger partial charge in [-0.1, -0.05) is 35.6 Å². The molecule has 0 saturated carbocycles. The highest BCUT2D eigenvalue weighted by molar-refractivity contribution is 7.07. The number of hydrogen-bond acceptors (Lipinski definition) is 7. The highest BCUT2D eigenvalue weighted by Crippen LogP contribution is 2.31. The Labute approximate surface area is 194 Å². The van der Waals surface area contributed by atoms with Crippen LogP contribution in [0.15, 0.2) is 69.6 Å². The van der Waals surface area contributed by atoms with Gasteiger partial charge in [-0.2, -0.15) is 0 Å². The zero-order valence-electron chi connectivity index (χ0n) is 18.6. The van der Waals surface area contributed by atoms with Crippen molar-refractivity contribution >= 4 is 23.4 Å². The molecule has 7 nitrogen and oxygen atoms in total. The third kappa shape index (κ3) is 4.47. The van der Waals surface area contributed by atoms with Gasteiger partial charge in [-0.15, -0.1) is 0 Å². The maximum Gasteiger partial charge on any atom is 0.338 e. The molecule has 1 N–H and O–H groups in total. The van der Waals surface area contributed by atoms with Crippen molar-refractivity contribution in [1.29, 1.82) is 0 Å². The quantitative estimate of drug-likeness (QED) is 0.567. The Kier molecular flexibility index (Phi) is 6.46. The number of rotatable bonds is 6. The van der Waals surface area contributed by atoms with Gasteiger partial charge >= 0.3 is 5.97 Å². The van der Waals surface area contributed by atoms with E-state index in [0.717, 1.165) is 11.1 Å². The minimum Gasteiger partial charge on any atom is -0.508 e. The highest BCUT2D eigenvalue weighted by Gasteiger charge is 2.33. The molecule has 1 aliphatic rings. The molecule has 0 saturated heterocycles. The second kappa shape index (κ2) is 9.46. The van der Waals surface area contributed by atoms with E-state index in [9.17, 15) is 14.7 Å². The van der Waals surface area contributed by atoms with Crippen LogP contribution >= 0.6 is 11.3 Å². The number of hydrogen-bond donors (Lipinski definition) is 1. The summed E-state index contributed by atoms with van der Waals surface area (Å²) in [5.74, 6) is 0.364. The first-order valence-corrected chi connectivity index (χ1v) is 11.5. The van der Waals surface area contributed by atoms with Crippen molar-refractivity contribution in [3.05, 3.63) is 90.6 Å². The Morgan fingerprint density at radius 2 is 1.82 bits per heavy atom. The van der Waals surface area contributed by atoms with Crippen LogP contribution in [0.1, 0.15) is 37.9 Å². The largest absolute Gasteiger partial charge is 0.508 e. The van der Waals surface area contributed by atoms with Crippen LogP contribution < -0.4 is 19.6 Å². The normalized spacial score (nSPS) is 15.7. The van der Waals surface area contributed by atoms with E-state index in [2.05, 4.69) is 4.99 Å². The fourth-order valence-corrected chi connectivity index (χ4v) is 4.79. The summed E-state index contributed by atoms with van der Waals surface area (Å²) < 4.78 is 12.9. The molecule has 0 amide bonds. The van der Waals surface area contributed by atoms with Crippen LogP contribution in [0.25, 0.3) is 6.08 Å². The van der Waals surface area contributed by atoms with Crippen LogP contribution in [0.4, 0.5) is 0 Å². The molecule has 8 heteroatoms. The molecule has 2 aromatic carbocycles. The first-order valence-electron chi connectivity index (χ1n) is 10.6. The summed E-state index contributed by atoms with van der Waals surface area (Å²) in [4.78, 5) is 31.5. The molecule has 1 aliphatic heterocycles. The Morgan fingerprint density at radius 3 is 2.45 bits per heavy atom. The lowest BCUT2D eigenvalue weighted by Gasteiger charge is -2.24. The number of allylic oxidation sites excluding steroid dienone is 1. The molecule has 170 valence electrons. The van der Waals surface area contributed by atoms with E-state index in [-0.39, 0.29) is 17.9 Å². The molecule has 3 aromatic rings. The molecular formula is C25H24N2O5S. The van der Waals surface area contributed by atoms with Gasteiger partial charge in [0.25, 0.3) is 5.56 Å². The highest BCUT2D eigenvalue weighted by atomic mass is 32.1. The van der Waals surface area contributed by atoms with E-state index in [4.69, 9.17) is 9.47 Å². The van der Waals surface area contributed by atoms with Gasteiger partial charge in [0.05, 0.1) is 35.1 Å². The van der Waals surface area contributed by atoms with Gasteiger partial charge < -0.3 is 14.6 Å². The average Bonchev–Trinajstić information content (AvgIpc) is 3.10. The van der Waals surface area contributed by atoms with Gasteiger partial charge in [0.15, 0.2) is 4.80 Å². The van der Waals surface area contributed by atoms with Crippen LogP contribution in [-0.2, 0) is 9.53 Å². The van der Waals surface area contributed by atoms with Gasteiger partial charge in [0.2, 0.25) is 0 Å². The first kappa shape index (κ1) is 22.5. The van der Waals surface area contributed by atoms with Crippen molar-refractivity contribution in [2.45, 2.75) is 26.8 Å². The monoisotopic (exact) mass is 464 g/mol. The number of ether oxygens (including phenoxy) is 2. The van der Waals surface area contributed by atoms with E-state index in [1.54, 1.807) is 48.8 Å². The number of aromatic nitrogens is 1. The van der Waals surface area contributed by atoms with E-state index in [0.29, 0.717) is 33.0 Å². The second-order valence-electron chi connectivity index (χ2n) is 7.40. The van der Waals surface area contributed by atoms with Gasteiger partial charge in [-0.25, -0.2) is 9.79 Å². The number of fused-ring (bicyclic) bond motifs is 1. The molecule has 1 atom stereocenters. The maximum absolute atomic E-state index is 13.5. The number of carbonyl (C=O) groups excluding carboxylic acids is 1. The Bertz CT molecular complexity index is 1380. The molecule has 0 aliphatic carbocycles. The van der Waals surface area contributed by atoms with E-state index < -0.39 is 12.0 Å². The molecule has 33 heavy (non-hydrogen) atoms. The average molecular weight is 465 g/mol. The fraction of sp³-hybridized carbons (Fsp3) is 0.240. The van der Waals surface area contributed by atoms with E-state index in [1.165, 1.54) is 11.3 Å². The van der Waals surface area contributed by atoms with Crippen LogP contribution in [0, 0.1) is 0 Å². The van der Waals surface area contributed by atoms with Gasteiger partial charge in [0.1, 0.15) is 11.5 Å². The summed E-state index contributed by atoms with van der Waals surface area (Å²) in [7, 11) is 0. The maximum atomic E-state index is 13.5. The number of carbonyl (C=O) groups is 1. The lowest BCUT2D eigenvalue weighted by Crippen LogP contribution is -2.39. The predicted molar refractivity (Wildman–Crippen MR) is 126 cm³/mol. The lowest BCUT2D eigenvalue weighted by atomic mass is 9.96. The summed E-state index contributed by atoms with van der Waals surface area (Å²) in [6, 6.07) is 13.3. The zero-order valence-corrected chi connectivity index (χ0v) is 19.4. The minimum atomic E-state index is -0.669. The third-order valence-electron chi connectivity index (χ3n) is 5.21. The summed E-state index contributed by atoms with van der Waals surface area (Å²) in [5, 5.41) is 9.53. The third-order valence-corrected chi connectivity index (χ3v) is 6.20. The number of phenols is 1. The smallest absolute Gasteiger partial charge is 0.338 e. The summed E-state index contributed by atoms with van der Waals surface area (Å²) in [6.45, 7) is 6.17. The van der Waals surface area contributed by atoms with Gasteiger partial charge in [-0.05, 0) is 62.2 Å². The summed E-state index contributed by atoms with van der Waals surface area (Å²) in [5.41, 5.74) is 2.14. The van der Waals surface area contributed by atoms with E-state index in [1.807, 2.05) is 31.2 Å². The van der Waals surface area contributed by atoms with Crippen LogP contribution in [0.5, 0.6) is 11.5 Å². The summed E-state index contributed by atoms with van der Waals surface area (Å²) >= 11 is 1.26. The molecule has 0 spiro atoms. The number of benzene rings is 2. The van der Waals surface area contributed by atoms with Crippen molar-refractivity contribution < 1.29 is 19.4 Å². The van der Waals surface area contributed by atoms with Crippen molar-refractivity contribution in [2.24, 2.45) is 4.99 Å². The van der Waals surface area contributed by atoms with Crippen molar-refractivity contribution in [1.82, 2.24) is 4.57 Å². The Morgan fingerprint density at radius 1 is 1.12 bits per heavy atom. The number of nitrogens with zero attached hydrogens (tertiary/aromatic N) is 2. The SMILES string of the molecule is CCOC(=O)C1=C(C)N=c2sc(=Cc3ccc(O)cc3)c(=O)n2[C@H]1c1ccc(OCC)cc1. The fourth-order valence-electron chi connectivity index (χ4n) is 3.74. The molecule has 4 rings (SSSR count). The van der Waals surface area contributed by atoms with Crippen molar-refractivity contribution in [3.63, 3.8) is 0 Å². The van der Waals surface area contributed by atoms with Crippen LogP contribution in [0.3, 0.4) is 0 Å². The van der Waals surface area contributed by atoms with E-state index >= 15 is 0 Å². The van der Waals surface area contributed by atoms with Crippen LogP contribution in [0.2, 0.25) is 0 Å². The van der Waals surface area contributed by atoms with Gasteiger partial charge in [0, 0.05) is 0 Å². The van der Waals surface area contributed by atoms with Crippen LogP contribution in [-0.4, -0.2) is 28.9 Å². The Balaban J connectivity index is 1.90. The Hall–Kier alpha value is -3.65. The number of thiazole rings is 1. The summed E-state index contributed by atoms with van der Waals surface area (Å²) in [6.07, 6.45) is 1.75. The molecule has 0 unspecified atom stereocenters. The standard InChI is InChI=1S/C25H24N2O5S/c1-4-31-19-12-8-17(9-13-19)22-21(24(30)32-5-2)15(3)26-25-27(22)23(29)20(33-25)14-16-6-10-18(28)11-7-16/h6-14,22,28H,4-5H2,1-3H3/t22-/m0/s1. The van der Waals surface area contributed by atoms with Crippen molar-refractivity contribution in [2.75, 3.05) is 13.2 Å². The predicted octanol–water partition coefficient (Wildman–Crippen LogP) is 2.90. The first-order chi connectivity index (χ1) is 15.9. The molecule has 2 heterocycles. The molecular weight excluding hydrogens is 440 g/mol. The molecule has 0 radical (unpaired) electrons. The lowest BCUT2D eigenvalue weighted by molar-refractivity contribution is -0.139. The molecule has 1 aromatic heterocycles. The number of esters is 1. The minimum absolute atomic E-state index is 0.152. The van der Waals surface area contributed by atoms with Gasteiger partial charge in [-0.3, -0.25) is 9.36 Å². The number of aromatic hydroxyl groups is 1. The second-order valence-corrected chi connectivity index (χ2v) is 8.40. The topological polar surface area (TPSA) is 90.1 Å².